The van der Waals surface area contributed by atoms with Gasteiger partial charge in [0.15, 0.2) is 5.13 Å². The van der Waals surface area contributed by atoms with Crippen molar-refractivity contribution in [3.63, 3.8) is 0 Å². The van der Waals surface area contributed by atoms with Crippen molar-refractivity contribution < 1.29 is 43.3 Å². The normalized spacial score (nSPS) is 20.8. The number of amides is 5. The van der Waals surface area contributed by atoms with Crippen LogP contribution in [0.2, 0.25) is 0 Å². The average Bonchev–Trinajstić information content (AvgIpc) is 4.03. The molecule has 0 aliphatic carbocycles. The number of phenols is 1. The van der Waals surface area contributed by atoms with Gasteiger partial charge < -0.3 is 40.3 Å². The number of aromatic nitrogens is 1. The number of piperidine rings is 2. The molecule has 0 spiro atoms. The molecule has 1 aromatic heterocycles. The second kappa shape index (κ2) is 20.5. The molecule has 5 amide bonds. The van der Waals surface area contributed by atoms with Crippen LogP contribution in [0.25, 0.3) is 0 Å². The molecular weight excluding hydrogens is 882 g/mol. The second-order valence-corrected chi connectivity index (χ2v) is 18.6. The number of halogens is 1. The third kappa shape index (κ3) is 10.0. The number of rotatable bonds is 17. The molecule has 3 saturated heterocycles. The van der Waals surface area contributed by atoms with E-state index in [1.54, 1.807) is 17.5 Å². The second-order valence-electron chi connectivity index (χ2n) is 17.7. The first-order chi connectivity index (χ1) is 32.5. The van der Waals surface area contributed by atoms with Crippen molar-refractivity contribution in [1.29, 1.82) is 0 Å². The van der Waals surface area contributed by atoms with E-state index in [0.717, 1.165) is 106 Å². The van der Waals surface area contributed by atoms with Gasteiger partial charge in [0.05, 0.1) is 22.7 Å². The first-order valence-corrected chi connectivity index (χ1v) is 24.1. The Labute approximate surface area is 391 Å². The van der Waals surface area contributed by atoms with Gasteiger partial charge in [-0.05, 0) is 99.6 Å². The van der Waals surface area contributed by atoms with Gasteiger partial charge in [0.1, 0.15) is 23.8 Å². The third-order valence-corrected chi connectivity index (χ3v) is 14.3. The summed E-state index contributed by atoms with van der Waals surface area (Å²) in [6.07, 6.45) is 5.48. The van der Waals surface area contributed by atoms with E-state index >= 15 is 0 Å². The zero-order chi connectivity index (χ0) is 46.6. The Morgan fingerprint density at radius 1 is 0.910 bits per heavy atom. The molecule has 0 bridgehead atoms. The quantitative estimate of drug-likeness (QED) is 0.0738. The van der Waals surface area contributed by atoms with Crippen molar-refractivity contribution in [3.8, 4) is 5.75 Å². The van der Waals surface area contributed by atoms with Crippen molar-refractivity contribution in [2.24, 2.45) is 0 Å². The minimum atomic E-state index is -1.30. The number of hydrogen-bond donors (Lipinski definition) is 5. The lowest BCUT2D eigenvalue weighted by atomic mass is 10.0. The Kier molecular flexibility index (Phi) is 14.1. The van der Waals surface area contributed by atoms with Crippen molar-refractivity contribution in [1.82, 2.24) is 29.9 Å². The van der Waals surface area contributed by atoms with Gasteiger partial charge in [-0.3, -0.25) is 39.1 Å². The number of aromatic hydroxyl groups is 1. The fourth-order valence-corrected chi connectivity index (χ4v) is 10.6. The zero-order valence-electron chi connectivity index (χ0n) is 37.2. The van der Waals surface area contributed by atoms with E-state index in [1.165, 1.54) is 28.5 Å². The number of likely N-dealkylation sites (tertiary alicyclic amines) is 1. The summed E-state index contributed by atoms with van der Waals surface area (Å²) >= 11 is 1.21. The molecule has 3 unspecified atom stereocenters. The summed E-state index contributed by atoms with van der Waals surface area (Å²) in [6.45, 7) is 8.60. The van der Waals surface area contributed by atoms with Gasteiger partial charge in [-0.2, -0.15) is 0 Å². The molecule has 5 N–H and O–H groups in total. The zero-order valence-corrected chi connectivity index (χ0v) is 38.0. The number of carbonyl (C=O) groups excluding carboxylic acids is 5. The first kappa shape index (κ1) is 46.1. The predicted octanol–water partition coefficient (Wildman–Crippen LogP) is 4.40. The van der Waals surface area contributed by atoms with E-state index in [4.69, 9.17) is 4.74 Å². The summed E-state index contributed by atoms with van der Waals surface area (Å²) < 4.78 is 20.4. The van der Waals surface area contributed by atoms with Gasteiger partial charge in [0.25, 0.3) is 23.6 Å². The first-order valence-electron chi connectivity index (χ1n) is 23.2. The van der Waals surface area contributed by atoms with E-state index in [-0.39, 0.29) is 36.6 Å². The number of ether oxygens (including phenoxy) is 1. The molecule has 3 fully saturated rings. The molecule has 5 aliphatic rings. The standard InChI is InChI=1S/C48H56FN9O8S/c49-31-7-11-39(59)36(27-31)42(44(62)53-48-51-16-26-67-48)57-29-30-5-3-6-37(41(30)47(57)65)50-15-1-2-24-66-25-4-17-54-18-13-32(14-19-54)55-20-22-56(23-21-55)33-8-9-34-35(28-33)46(64)58(45(34)63)38-10-12-40(60)52-43(38)61/h3,5-9,11,16,26-28,32,38,42-43,50,59,61H,1-2,4,10,12-15,17-25,29H2,(H,52,60)(H,51,53,62). The number of nitrogens with zero attached hydrogens (tertiary/aromatic N) is 6. The SMILES string of the molecule is O=C1CCC(N2C(=O)c3ccc(N4CCN(C5CCN(CCCOCCCCNc6cccc7c6C(=O)N(C(C(=O)Nc6nccs6)c6cc(F)ccc6O)C7)CC5)CC4)cc3C2=O)C(O)N1. The summed E-state index contributed by atoms with van der Waals surface area (Å²) in [6, 6.07) is 12.7. The number of unbranched alkanes of at least 4 members (excludes halogenated alkanes) is 1. The van der Waals surface area contributed by atoms with Crippen molar-refractivity contribution in [2.75, 3.05) is 81.1 Å². The number of aliphatic hydroxyl groups is 1. The highest BCUT2D eigenvalue weighted by atomic mass is 32.1. The van der Waals surface area contributed by atoms with E-state index in [1.807, 2.05) is 24.3 Å². The van der Waals surface area contributed by atoms with Crippen LogP contribution >= 0.6 is 11.3 Å². The molecule has 5 aliphatic heterocycles. The largest absolute Gasteiger partial charge is 0.508 e. The molecule has 3 atom stereocenters. The Morgan fingerprint density at radius 2 is 1.70 bits per heavy atom. The Morgan fingerprint density at radius 3 is 2.48 bits per heavy atom. The van der Waals surface area contributed by atoms with Crippen LogP contribution in [0.1, 0.15) is 93.2 Å². The smallest absolute Gasteiger partial charge is 0.262 e. The summed E-state index contributed by atoms with van der Waals surface area (Å²) in [5.41, 5.74) is 3.39. The van der Waals surface area contributed by atoms with Gasteiger partial charge in [-0.1, -0.05) is 12.1 Å². The van der Waals surface area contributed by atoms with Crippen LogP contribution < -0.4 is 20.9 Å². The van der Waals surface area contributed by atoms with Crippen LogP contribution in [0.5, 0.6) is 5.75 Å². The summed E-state index contributed by atoms with van der Waals surface area (Å²) in [4.78, 5) is 79.8. The summed E-state index contributed by atoms with van der Waals surface area (Å²) in [5, 5.41) is 31.7. The van der Waals surface area contributed by atoms with E-state index in [0.29, 0.717) is 53.3 Å². The van der Waals surface area contributed by atoms with Crippen LogP contribution in [0.4, 0.5) is 20.9 Å². The van der Waals surface area contributed by atoms with E-state index in [9.17, 15) is 38.6 Å². The highest BCUT2D eigenvalue weighted by Gasteiger charge is 2.45. The number of anilines is 3. The number of imide groups is 1. The summed E-state index contributed by atoms with van der Waals surface area (Å²) in [5.74, 6) is -3.10. The van der Waals surface area contributed by atoms with E-state index < -0.39 is 47.8 Å². The number of aliphatic hydroxyl groups excluding tert-OH is 1. The molecule has 6 heterocycles. The van der Waals surface area contributed by atoms with Crippen LogP contribution in [-0.4, -0.2) is 148 Å². The van der Waals surface area contributed by atoms with Crippen LogP contribution in [-0.2, 0) is 20.9 Å². The molecule has 354 valence electrons. The minimum Gasteiger partial charge on any atom is -0.508 e. The Hall–Kier alpha value is -5.99. The number of benzene rings is 3. The topological polar surface area (TPSA) is 200 Å². The van der Waals surface area contributed by atoms with Crippen LogP contribution in [0, 0.1) is 5.82 Å². The maximum Gasteiger partial charge on any atom is 0.262 e. The maximum absolute atomic E-state index is 14.4. The molecule has 0 saturated carbocycles. The fourth-order valence-electron chi connectivity index (χ4n) is 10.1. The fraction of sp³-hybridized carbons (Fsp3) is 0.458. The van der Waals surface area contributed by atoms with Crippen molar-refractivity contribution >= 4 is 57.4 Å². The Balaban J connectivity index is 0.660. The van der Waals surface area contributed by atoms with Gasteiger partial charge in [0.2, 0.25) is 5.91 Å². The summed E-state index contributed by atoms with van der Waals surface area (Å²) in [7, 11) is 0. The number of thiazole rings is 1. The molecule has 17 nitrogen and oxygen atoms in total. The minimum absolute atomic E-state index is 0.0140. The molecule has 67 heavy (non-hydrogen) atoms. The third-order valence-electron chi connectivity index (χ3n) is 13.6. The maximum atomic E-state index is 14.4. The Bertz CT molecular complexity index is 2480. The van der Waals surface area contributed by atoms with Gasteiger partial charge >= 0.3 is 0 Å². The van der Waals surface area contributed by atoms with Gasteiger partial charge in [-0.25, -0.2) is 9.37 Å². The number of piperazine rings is 1. The van der Waals surface area contributed by atoms with Crippen LogP contribution in [0.3, 0.4) is 0 Å². The molecular formula is C48H56FN9O8S. The molecule has 0 radical (unpaired) electrons. The lowest BCUT2D eigenvalue weighted by Gasteiger charge is -2.43. The van der Waals surface area contributed by atoms with Gasteiger partial charge in [0, 0.05) is 100 Å². The number of nitrogens with one attached hydrogen (secondary N) is 3. The number of carbonyl (C=O) groups is 5. The number of hydrogen-bond acceptors (Lipinski definition) is 14. The van der Waals surface area contributed by atoms with Crippen LogP contribution in [0.15, 0.2) is 66.2 Å². The highest BCUT2D eigenvalue weighted by Crippen LogP contribution is 2.39. The average molecular weight is 938 g/mol. The number of fused-ring (bicyclic) bond motifs is 2. The van der Waals surface area contributed by atoms with Crippen molar-refractivity contribution in [3.05, 3.63) is 99.8 Å². The lowest BCUT2D eigenvalue weighted by Crippen LogP contribution is -2.57. The van der Waals surface area contributed by atoms with Gasteiger partial charge in [-0.15, -0.1) is 11.3 Å². The molecule has 9 rings (SSSR count). The number of phenolic OH excluding ortho intramolecular Hbond substituents is 1. The van der Waals surface area contributed by atoms with E-state index in [2.05, 4.69) is 35.6 Å². The molecule has 3 aromatic carbocycles. The van der Waals surface area contributed by atoms with Crippen molar-refractivity contribution in [2.45, 2.75) is 75.8 Å². The molecule has 4 aromatic rings. The lowest BCUT2D eigenvalue weighted by molar-refractivity contribution is -0.129. The molecule has 19 heteroatoms. The predicted molar refractivity (Wildman–Crippen MR) is 248 cm³/mol. The highest BCUT2D eigenvalue weighted by molar-refractivity contribution is 7.13. The monoisotopic (exact) mass is 937 g/mol.